The Morgan fingerprint density at radius 2 is 1.46 bits per heavy atom. The highest BCUT2D eigenvalue weighted by molar-refractivity contribution is 7.87. The van der Waals surface area contributed by atoms with Crippen molar-refractivity contribution in [2.24, 2.45) is 34.0 Å². The SMILES string of the molecule is C=C[C@@H]1C[C@]1(NC(=O)[C@@H]1C[C@@]2(CN1C(=O)[C@@H](NC(=O)[C@@H](NC(=O)[C@@H]1CCCCN1C(C)C)C(C)C)C(C)C)C(C)(C)C21CCC1)C(=O)NS(=O)(=O)N(CC)CC. The number of fused-ring (bicyclic) bond motifs is 1. The number of amides is 5. The third kappa shape index (κ3) is 7.30. The molecule has 0 bridgehead atoms. The molecule has 5 aliphatic rings. The summed E-state index contributed by atoms with van der Waals surface area (Å²) in [5, 5.41) is 8.93. The Morgan fingerprint density at radius 1 is 0.839 bits per heavy atom. The van der Waals surface area contributed by atoms with Crippen molar-refractivity contribution in [3.63, 3.8) is 0 Å². The van der Waals surface area contributed by atoms with Crippen LogP contribution in [0.25, 0.3) is 0 Å². The maximum atomic E-state index is 14.9. The molecule has 2 aliphatic heterocycles. The molecule has 5 fully saturated rings. The number of piperidine rings is 1. The lowest BCUT2D eigenvalue weighted by Crippen LogP contribution is -2.62. The molecule has 5 rings (SSSR count). The number of carbonyl (C=O) groups excluding carboxylic acids is 5. The number of hydrogen-bond acceptors (Lipinski definition) is 8. The minimum absolute atomic E-state index is 0.0176. The van der Waals surface area contributed by atoms with Gasteiger partial charge in [0.15, 0.2) is 0 Å². The average molecular weight is 804 g/mol. The van der Waals surface area contributed by atoms with Crippen molar-refractivity contribution in [2.75, 3.05) is 26.2 Å². The Kier molecular flexibility index (Phi) is 12.6. The zero-order valence-electron chi connectivity index (χ0n) is 35.5. The lowest BCUT2D eigenvalue weighted by molar-refractivity contribution is -0.144. The van der Waals surface area contributed by atoms with Gasteiger partial charge in [0.1, 0.15) is 23.7 Å². The molecule has 0 unspecified atom stereocenters. The molecule has 15 heteroatoms. The van der Waals surface area contributed by atoms with Crippen LogP contribution in [0, 0.1) is 34.0 Å². The first kappa shape index (κ1) is 44.1. The largest absolute Gasteiger partial charge is 0.343 e. The number of nitrogens with one attached hydrogen (secondary N) is 4. The molecule has 0 radical (unpaired) electrons. The molecule has 2 heterocycles. The number of likely N-dealkylation sites (tertiary alicyclic amines) is 2. The summed E-state index contributed by atoms with van der Waals surface area (Å²) in [5.41, 5.74) is -2.03. The van der Waals surface area contributed by atoms with Gasteiger partial charge in [0, 0.05) is 37.0 Å². The van der Waals surface area contributed by atoms with Gasteiger partial charge < -0.3 is 20.9 Å². The molecule has 5 amide bonds. The van der Waals surface area contributed by atoms with Crippen LogP contribution in [-0.2, 0) is 34.2 Å². The fourth-order valence-electron chi connectivity index (χ4n) is 10.8. The molecule has 7 atom stereocenters. The summed E-state index contributed by atoms with van der Waals surface area (Å²) in [6, 6.07) is -2.99. The minimum atomic E-state index is -4.16. The standard InChI is InChI=1S/C41H69N7O7S/c1-12-28-22-41(28,37(53)45-56(54,55)46(13-2)14-3)44-34(50)30-23-40(38(10,11)39(40)19-17-20-39)24-48(30)36(52)32(26(6)7)43-35(51)31(25(4)5)42-33(49)29-18-15-16-21-47(29)27(8)9/h12,25-32H,1,13-24H2,2-11H3,(H,42,49)(H,43,51)(H,44,50)(H,45,53)/t28-,29+,30+,31+,32+,40-,41-/m1/s1. The summed E-state index contributed by atoms with van der Waals surface area (Å²) < 4.78 is 29.5. The number of carbonyl (C=O) groups is 5. The van der Waals surface area contributed by atoms with Gasteiger partial charge in [0.05, 0.1) is 6.04 Å². The van der Waals surface area contributed by atoms with Gasteiger partial charge in [0.2, 0.25) is 23.6 Å². The fraction of sp³-hybridized carbons (Fsp3) is 0.829. The molecular weight excluding hydrogens is 735 g/mol. The second-order valence-corrected chi connectivity index (χ2v) is 20.3. The molecule has 316 valence electrons. The van der Waals surface area contributed by atoms with Crippen molar-refractivity contribution >= 4 is 39.7 Å². The summed E-state index contributed by atoms with van der Waals surface area (Å²) in [6.07, 6.45) is 7.84. The van der Waals surface area contributed by atoms with Crippen LogP contribution in [-0.4, -0.2) is 114 Å². The monoisotopic (exact) mass is 803 g/mol. The Labute approximate surface area is 335 Å². The van der Waals surface area contributed by atoms with Crippen molar-refractivity contribution in [3.8, 4) is 0 Å². The van der Waals surface area contributed by atoms with Crippen LogP contribution in [0.5, 0.6) is 0 Å². The van der Waals surface area contributed by atoms with E-state index in [9.17, 15) is 32.4 Å². The topological polar surface area (TPSA) is 177 Å². The van der Waals surface area contributed by atoms with Crippen LogP contribution < -0.4 is 20.7 Å². The fourth-order valence-corrected chi connectivity index (χ4v) is 12.0. The van der Waals surface area contributed by atoms with E-state index in [0.717, 1.165) is 43.0 Å². The quantitative estimate of drug-likeness (QED) is 0.172. The summed E-state index contributed by atoms with van der Waals surface area (Å²) in [4.78, 5) is 74.8. The first-order valence-electron chi connectivity index (χ1n) is 21.1. The smallest absolute Gasteiger partial charge is 0.303 e. The minimum Gasteiger partial charge on any atom is -0.343 e. The van der Waals surface area contributed by atoms with Crippen LogP contribution >= 0.6 is 0 Å². The Morgan fingerprint density at radius 3 is 1.95 bits per heavy atom. The first-order chi connectivity index (χ1) is 26.1. The van der Waals surface area contributed by atoms with Crippen LogP contribution in [0.3, 0.4) is 0 Å². The van der Waals surface area contributed by atoms with Crippen LogP contribution in [0.1, 0.15) is 121 Å². The number of hydrogen-bond donors (Lipinski definition) is 4. The summed E-state index contributed by atoms with van der Waals surface area (Å²) in [5.74, 6) is -3.53. The Bertz CT molecular complexity index is 1670. The third-order valence-corrected chi connectivity index (χ3v) is 16.3. The molecule has 0 aromatic heterocycles. The zero-order valence-corrected chi connectivity index (χ0v) is 36.3. The van der Waals surface area contributed by atoms with E-state index in [0.29, 0.717) is 19.4 Å². The van der Waals surface area contributed by atoms with Crippen molar-refractivity contribution in [1.82, 2.24) is 34.8 Å². The van der Waals surface area contributed by atoms with Gasteiger partial charge in [-0.1, -0.05) is 74.3 Å². The Hall–Kier alpha value is -3.04. The van der Waals surface area contributed by atoms with E-state index < -0.39 is 63.4 Å². The van der Waals surface area contributed by atoms with Crippen LogP contribution in [0.4, 0.5) is 0 Å². The number of nitrogens with zero attached hydrogens (tertiary/aromatic N) is 3. The first-order valence-corrected chi connectivity index (χ1v) is 22.5. The van der Waals surface area contributed by atoms with E-state index >= 15 is 0 Å². The highest BCUT2D eigenvalue weighted by Crippen LogP contribution is 2.88. The average Bonchev–Trinajstić information content (AvgIpc) is 3.84. The van der Waals surface area contributed by atoms with Crippen LogP contribution in [0.15, 0.2) is 12.7 Å². The van der Waals surface area contributed by atoms with Crippen molar-refractivity contribution in [3.05, 3.63) is 12.7 Å². The molecule has 2 saturated heterocycles. The molecule has 3 aliphatic carbocycles. The van der Waals surface area contributed by atoms with Crippen molar-refractivity contribution in [1.29, 1.82) is 0 Å². The second-order valence-electron chi connectivity index (χ2n) is 18.7. The molecule has 4 N–H and O–H groups in total. The van der Waals surface area contributed by atoms with E-state index in [-0.39, 0.29) is 65.6 Å². The van der Waals surface area contributed by atoms with Crippen molar-refractivity contribution in [2.45, 2.75) is 156 Å². The predicted molar refractivity (Wildman–Crippen MR) is 215 cm³/mol. The van der Waals surface area contributed by atoms with E-state index in [1.54, 1.807) is 24.8 Å². The van der Waals surface area contributed by atoms with Gasteiger partial charge in [-0.2, -0.15) is 12.7 Å². The van der Waals surface area contributed by atoms with Gasteiger partial charge in [0.25, 0.3) is 5.91 Å². The van der Waals surface area contributed by atoms with Gasteiger partial charge >= 0.3 is 10.2 Å². The van der Waals surface area contributed by atoms with Gasteiger partial charge in [-0.3, -0.25) is 28.9 Å². The van der Waals surface area contributed by atoms with E-state index in [1.165, 1.54) is 0 Å². The lowest BCUT2D eigenvalue weighted by atomic mass is 9.73. The molecule has 56 heavy (non-hydrogen) atoms. The summed E-state index contributed by atoms with van der Waals surface area (Å²) >= 11 is 0. The summed E-state index contributed by atoms with van der Waals surface area (Å²) in [7, 11) is -4.16. The van der Waals surface area contributed by atoms with Gasteiger partial charge in [-0.15, -0.1) is 6.58 Å². The summed E-state index contributed by atoms with van der Waals surface area (Å²) in [6.45, 7) is 24.6. The molecule has 3 saturated carbocycles. The van der Waals surface area contributed by atoms with Gasteiger partial charge in [-0.05, 0) is 81.6 Å². The predicted octanol–water partition coefficient (Wildman–Crippen LogP) is 3.09. The van der Waals surface area contributed by atoms with Gasteiger partial charge in [-0.25, -0.2) is 4.72 Å². The molecule has 14 nitrogen and oxygen atoms in total. The van der Waals surface area contributed by atoms with Crippen molar-refractivity contribution < 1.29 is 32.4 Å². The maximum Gasteiger partial charge on any atom is 0.303 e. The maximum absolute atomic E-state index is 14.9. The van der Waals surface area contributed by atoms with Crippen LogP contribution in [0.2, 0.25) is 0 Å². The molecule has 0 aromatic rings. The van der Waals surface area contributed by atoms with E-state index in [2.05, 4.69) is 59.8 Å². The normalized spacial score (nSPS) is 30.2. The molecule has 0 aromatic carbocycles. The van der Waals surface area contributed by atoms with E-state index in [1.807, 2.05) is 27.7 Å². The van der Waals surface area contributed by atoms with E-state index in [4.69, 9.17) is 0 Å². The zero-order chi connectivity index (χ0) is 41.8. The second kappa shape index (κ2) is 16.0. The highest BCUT2D eigenvalue weighted by atomic mass is 32.2. The number of rotatable bonds is 16. The molecule has 2 spiro atoms. The lowest BCUT2D eigenvalue weighted by Gasteiger charge is -2.38. The Balaban J connectivity index is 1.40. The highest BCUT2D eigenvalue weighted by Gasteiger charge is 2.85. The molecular formula is C41H69N7O7S. The third-order valence-electron chi connectivity index (χ3n) is 14.7.